The Morgan fingerprint density at radius 2 is 2.00 bits per heavy atom. The molecule has 9 heteroatoms. The molecule has 1 amide bonds. The van der Waals surface area contributed by atoms with Crippen LogP contribution in [-0.4, -0.2) is 38.7 Å². The lowest BCUT2D eigenvalue weighted by Crippen LogP contribution is -2.50. The Hall–Kier alpha value is -2.89. The molecule has 0 radical (unpaired) electrons. The Morgan fingerprint density at radius 1 is 1.27 bits per heavy atom. The van der Waals surface area contributed by atoms with Gasteiger partial charge in [0.15, 0.2) is 5.16 Å². The van der Waals surface area contributed by atoms with Crippen LogP contribution in [-0.2, 0) is 4.79 Å². The van der Waals surface area contributed by atoms with Gasteiger partial charge in [-0.25, -0.2) is 9.37 Å². The average molecular weight is 485 g/mol. The first-order chi connectivity index (χ1) is 15.9. The van der Waals surface area contributed by atoms with Gasteiger partial charge in [0.1, 0.15) is 11.4 Å². The van der Waals surface area contributed by atoms with Crippen molar-refractivity contribution in [1.82, 2.24) is 14.5 Å². The highest BCUT2D eigenvalue weighted by atomic mass is 35.5. The molecule has 3 aromatic rings. The molecule has 1 fully saturated rings. The molecule has 1 aromatic heterocycles. The van der Waals surface area contributed by atoms with E-state index in [2.05, 4.69) is 11.1 Å². The van der Waals surface area contributed by atoms with Gasteiger partial charge in [0.25, 0.3) is 5.56 Å². The number of carbonyl (C=O) groups excluding carboxylic acids is 1. The van der Waals surface area contributed by atoms with E-state index in [0.717, 1.165) is 31.0 Å². The topological polar surface area (TPSA) is 79.0 Å². The maximum atomic E-state index is 13.7. The van der Waals surface area contributed by atoms with Crippen LogP contribution in [0.1, 0.15) is 32.1 Å². The summed E-state index contributed by atoms with van der Waals surface area (Å²) >= 11 is 7.07. The summed E-state index contributed by atoms with van der Waals surface area (Å²) in [5, 5.41) is 10.4. The number of para-hydroxylation sites is 1. The van der Waals surface area contributed by atoms with E-state index in [0.29, 0.717) is 29.4 Å². The summed E-state index contributed by atoms with van der Waals surface area (Å²) in [6.07, 6.45) is 4.20. The number of carbonyl (C=O) groups is 1. The normalized spacial score (nSPS) is 15.2. The van der Waals surface area contributed by atoms with Crippen LogP contribution in [0.4, 0.5) is 4.39 Å². The van der Waals surface area contributed by atoms with Crippen LogP contribution in [0.2, 0.25) is 5.02 Å². The second-order valence-electron chi connectivity index (χ2n) is 8.10. The number of hydrogen-bond acceptors (Lipinski definition) is 5. The maximum absolute atomic E-state index is 13.7. The molecule has 0 atom stereocenters. The zero-order valence-electron chi connectivity index (χ0n) is 18.1. The number of aromatic nitrogens is 2. The van der Waals surface area contributed by atoms with Gasteiger partial charge in [-0.15, -0.1) is 0 Å². The Balaban J connectivity index is 1.70. The van der Waals surface area contributed by atoms with E-state index in [1.807, 2.05) is 0 Å². The lowest BCUT2D eigenvalue weighted by molar-refractivity contribution is -0.131. The lowest BCUT2D eigenvalue weighted by atomic mass is 9.81. The summed E-state index contributed by atoms with van der Waals surface area (Å²) in [7, 11) is 1.66. The van der Waals surface area contributed by atoms with Gasteiger partial charge in [0, 0.05) is 7.05 Å². The van der Waals surface area contributed by atoms with Crippen molar-refractivity contribution >= 4 is 40.2 Å². The highest BCUT2D eigenvalue weighted by molar-refractivity contribution is 7.99. The number of amides is 1. The van der Waals surface area contributed by atoms with Crippen molar-refractivity contribution < 1.29 is 9.18 Å². The molecule has 0 unspecified atom stereocenters. The summed E-state index contributed by atoms with van der Waals surface area (Å²) in [5.41, 5.74) is -0.284. The van der Waals surface area contributed by atoms with Crippen molar-refractivity contribution in [2.45, 2.75) is 42.8 Å². The van der Waals surface area contributed by atoms with Gasteiger partial charge in [0.05, 0.1) is 33.4 Å². The minimum absolute atomic E-state index is 0.000360. The number of benzene rings is 2. The summed E-state index contributed by atoms with van der Waals surface area (Å²) in [6, 6.07) is 13.3. The van der Waals surface area contributed by atoms with Crippen LogP contribution < -0.4 is 5.56 Å². The van der Waals surface area contributed by atoms with Gasteiger partial charge in [-0.3, -0.25) is 14.2 Å². The summed E-state index contributed by atoms with van der Waals surface area (Å²) < 4.78 is 15.1. The molecule has 0 aliphatic heterocycles. The molecule has 1 heterocycles. The molecule has 1 saturated carbocycles. The van der Waals surface area contributed by atoms with E-state index >= 15 is 0 Å². The fraction of sp³-hybridized carbons (Fsp3) is 0.333. The predicted molar refractivity (Wildman–Crippen MR) is 127 cm³/mol. The quantitative estimate of drug-likeness (QED) is 0.378. The van der Waals surface area contributed by atoms with Crippen LogP contribution in [0, 0.1) is 17.1 Å². The number of rotatable bonds is 5. The summed E-state index contributed by atoms with van der Waals surface area (Å²) in [6.45, 7) is 0. The number of thioether (sulfide) groups is 1. The molecular weight excluding hydrogens is 463 g/mol. The third-order valence-electron chi connectivity index (χ3n) is 6.14. The smallest absolute Gasteiger partial charge is 0.266 e. The van der Waals surface area contributed by atoms with Crippen LogP contribution in [0.3, 0.4) is 0 Å². The van der Waals surface area contributed by atoms with Crippen LogP contribution >= 0.6 is 23.4 Å². The van der Waals surface area contributed by atoms with Gasteiger partial charge in [0.2, 0.25) is 5.91 Å². The van der Waals surface area contributed by atoms with Gasteiger partial charge in [-0.1, -0.05) is 54.8 Å². The van der Waals surface area contributed by atoms with Crippen LogP contribution in [0.15, 0.2) is 52.4 Å². The molecule has 0 spiro atoms. The number of halogens is 2. The summed E-state index contributed by atoms with van der Waals surface area (Å²) in [4.78, 5) is 32.5. The summed E-state index contributed by atoms with van der Waals surface area (Å²) in [5.74, 6) is -0.809. The van der Waals surface area contributed by atoms with Crippen molar-refractivity contribution in [3.8, 4) is 11.8 Å². The molecule has 1 aliphatic rings. The largest absolute Gasteiger partial charge is 0.326 e. The second kappa shape index (κ2) is 9.54. The van der Waals surface area contributed by atoms with E-state index in [-0.39, 0.29) is 27.4 Å². The van der Waals surface area contributed by atoms with Gasteiger partial charge in [-0.05, 0) is 43.2 Å². The minimum Gasteiger partial charge on any atom is -0.326 e. The molecule has 0 N–H and O–H groups in total. The Labute approximate surface area is 200 Å². The van der Waals surface area contributed by atoms with Crippen LogP contribution in [0.5, 0.6) is 0 Å². The third kappa shape index (κ3) is 4.48. The van der Waals surface area contributed by atoms with E-state index in [9.17, 15) is 19.2 Å². The van der Waals surface area contributed by atoms with Crippen molar-refractivity contribution in [3.05, 3.63) is 63.7 Å². The molecular formula is C24H22ClFN4O2S. The average Bonchev–Trinajstić information content (AvgIpc) is 2.84. The van der Waals surface area contributed by atoms with E-state index in [4.69, 9.17) is 11.6 Å². The SMILES string of the molecule is CN(C(=O)CSc1nc2ccccc2c(=O)n1-c1ccc(F)c(Cl)c1)C1(C#N)CCCCC1. The van der Waals surface area contributed by atoms with Gasteiger partial charge >= 0.3 is 0 Å². The standard InChI is InChI=1S/C24H22ClFN4O2S/c1-29(24(15-27)11-5-2-6-12-24)21(31)14-33-23-28-20-8-4-3-7-17(20)22(32)30(23)16-9-10-19(26)18(25)13-16/h3-4,7-10,13H,2,5-6,11-12,14H2,1H3. The molecule has 4 rings (SSSR count). The molecule has 6 nitrogen and oxygen atoms in total. The van der Waals surface area contributed by atoms with Gasteiger partial charge in [-0.2, -0.15) is 5.26 Å². The Kier molecular flexibility index (Phi) is 6.73. The first kappa shape index (κ1) is 23.3. The first-order valence-corrected chi connectivity index (χ1v) is 12.0. The number of nitriles is 1. The second-order valence-corrected chi connectivity index (χ2v) is 9.45. The van der Waals surface area contributed by atoms with Crippen molar-refractivity contribution in [2.75, 3.05) is 12.8 Å². The molecule has 0 bridgehead atoms. The molecule has 1 aliphatic carbocycles. The molecule has 170 valence electrons. The van der Waals surface area contributed by atoms with E-state index in [1.165, 1.54) is 27.7 Å². The molecule has 2 aromatic carbocycles. The van der Waals surface area contributed by atoms with Crippen LogP contribution in [0.25, 0.3) is 16.6 Å². The molecule has 0 saturated heterocycles. The van der Waals surface area contributed by atoms with Gasteiger partial charge < -0.3 is 4.90 Å². The van der Waals surface area contributed by atoms with Crippen molar-refractivity contribution in [2.24, 2.45) is 0 Å². The predicted octanol–water partition coefficient (Wildman–Crippen LogP) is 4.96. The van der Waals surface area contributed by atoms with E-state index in [1.54, 1.807) is 31.3 Å². The maximum Gasteiger partial charge on any atom is 0.266 e. The monoisotopic (exact) mass is 484 g/mol. The zero-order chi connectivity index (χ0) is 23.6. The van der Waals surface area contributed by atoms with Crippen molar-refractivity contribution in [1.29, 1.82) is 5.26 Å². The minimum atomic E-state index is -0.795. The molecule has 33 heavy (non-hydrogen) atoms. The van der Waals surface area contributed by atoms with E-state index < -0.39 is 11.4 Å². The van der Waals surface area contributed by atoms with Crippen molar-refractivity contribution in [3.63, 3.8) is 0 Å². The highest BCUT2D eigenvalue weighted by Crippen LogP contribution is 2.33. The third-order valence-corrected chi connectivity index (χ3v) is 7.35. The Morgan fingerprint density at radius 3 is 2.70 bits per heavy atom. The number of hydrogen-bond donors (Lipinski definition) is 0. The first-order valence-electron chi connectivity index (χ1n) is 10.6. The number of nitrogens with zero attached hydrogens (tertiary/aromatic N) is 4. The number of fused-ring (bicyclic) bond motifs is 1. The lowest BCUT2D eigenvalue weighted by Gasteiger charge is -2.39. The fourth-order valence-corrected chi connectivity index (χ4v) is 5.28. The Bertz CT molecular complexity index is 1310. The zero-order valence-corrected chi connectivity index (χ0v) is 19.6. The highest BCUT2D eigenvalue weighted by Gasteiger charge is 2.38. The fourth-order valence-electron chi connectivity index (χ4n) is 4.18.